The third kappa shape index (κ3) is 6.63. The third-order valence-corrected chi connectivity index (χ3v) is 8.55. The molecule has 2 aromatic heterocycles. The lowest BCUT2D eigenvalue weighted by Crippen LogP contribution is -2.50. The molecule has 2 fully saturated rings. The van der Waals surface area contributed by atoms with Crippen LogP contribution < -0.4 is 9.80 Å². The van der Waals surface area contributed by atoms with Crippen molar-refractivity contribution in [3.8, 4) is 0 Å². The average Bonchev–Trinajstić information content (AvgIpc) is 3.15. The van der Waals surface area contributed by atoms with Gasteiger partial charge in [-0.05, 0) is 37.2 Å². The van der Waals surface area contributed by atoms with Gasteiger partial charge in [-0.1, -0.05) is 34.5 Å². The van der Waals surface area contributed by atoms with E-state index in [9.17, 15) is 18.3 Å². The Morgan fingerprint density at radius 2 is 1.61 bits per heavy atom. The molecule has 0 radical (unpaired) electrons. The van der Waals surface area contributed by atoms with Crippen LogP contribution in [0.4, 0.5) is 24.1 Å². The van der Waals surface area contributed by atoms with Gasteiger partial charge in [-0.15, -0.1) is 0 Å². The molecule has 0 spiro atoms. The van der Waals surface area contributed by atoms with E-state index in [4.69, 9.17) is 28.2 Å². The number of rotatable bonds is 6. The van der Waals surface area contributed by atoms with Gasteiger partial charge in [0.05, 0.1) is 26.9 Å². The average molecular weight is 590 g/mol. The van der Waals surface area contributed by atoms with Crippen LogP contribution >= 0.6 is 34.5 Å². The first-order chi connectivity index (χ1) is 18.2. The number of fused-ring (bicyclic) bond motifs is 1. The second kappa shape index (κ2) is 11.7. The number of alkyl halides is 3. The molecule has 0 saturated carbocycles. The van der Waals surface area contributed by atoms with E-state index in [1.807, 2.05) is 23.1 Å². The molecule has 2 aliphatic heterocycles. The van der Waals surface area contributed by atoms with Gasteiger partial charge in [-0.2, -0.15) is 13.2 Å². The van der Waals surface area contributed by atoms with Crippen LogP contribution in [0, 0.1) is 0 Å². The van der Waals surface area contributed by atoms with E-state index in [-0.39, 0.29) is 5.02 Å². The number of hydrogen-bond donors (Lipinski definition) is 1. The second-order valence-corrected chi connectivity index (χ2v) is 11.6. The van der Waals surface area contributed by atoms with Crippen LogP contribution in [0.2, 0.25) is 10.0 Å². The quantitative estimate of drug-likeness (QED) is 0.447. The zero-order valence-corrected chi connectivity index (χ0v) is 23.0. The molecule has 2 saturated heterocycles. The molecule has 4 heterocycles. The van der Waals surface area contributed by atoms with E-state index in [0.29, 0.717) is 43.6 Å². The summed E-state index contributed by atoms with van der Waals surface area (Å²) in [6.45, 7) is 7.21. The van der Waals surface area contributed by atoms with E-state index in [0.717, 1.165) is 66.8 Å². The number of piperazine rings is 1. The molecule has 0 aliphatic carbocycles. The predicted octanol–water partition coefficient (Wildman–Crippen LogP) is 4.71. The lowest BCUT2D eigenvalue weighted by Gasteiger charge is -2.36. The number of aliphatic hydroxyl groups is 1. The van der Waals surface area contributed by atoms with Crippen molar-refractivity contribution in [1.82, 2.24) is 19.8 Å². The van der Waals surface area contributed by atoms with Crippen molar-refractivity contribution >= 4 is 55.7 Å². The number of pyridine rings is 1. The first-order valence-corrected chi connectivity index (χ1v) is 14.1. The van der Waals surface area contributed by atoms with E-state index in [1.165, 1.54) is 0 Å². The standard InChI is InChI=1S/C25H29Cl2F3N6OS/c26-18-2-3-21-22(13-18)38-24(32-21)36-10-7-34(8-11-36)16-19(37)15-33-4-1-5-35(9-6-33)23-20(27)12-17(14-31-23)25(28,29)30/h2-3,12-14,19,37H,1,4-11,15-16H2/t19-/m1/s1. The van der Waals surface area contributed by atoms with Crippen LogP contribution in [0.3, 0.4) is 0 Å². The highest BCUT2D eigenvalue weighted by Crippen LogP contribution is 2.34. The lowest BCUT2D eigenvalue weighted by molar-refractivity contribution is -0.137. The van der Waals surface area contributed by atoms with E-state index in [2.05, 4.69) is 19.7 Å². The molecule has 2 aliphatic rings. The van der Waals surface area contributed by atoms with Crippen molar-refractivity contribution in [2.24, 2.45) is 0 Å². The van der Waals surface area contributed by atoms with Crippen molar-refractivity contribution in [3.05, 3.63) is 46.1 Å². The van der Waals surface area contributed by atoms with Gasteiger partial charge >= 0.3 is 6.18 Å². The minimum Gasteiger partial charge on any atom is -0.390 e. The Kier molecular flexibility index (Phi) is 8.51. The molecule has 5 rings (SSSR count). The molecule has 0 unspecified atom stereocenters. The maximum atomic E-state index is 12.9. The molecule has 0 bridgehead atoms. The monoisotopic (exact) mass is 588 g/mol. The summed E-state index contributed by atoms with van der Waals surface area (Å²) in [5, 5.41) is 12.5. The van der Waals surface area contributed by atoms with Gasteiger partial charge < -0.3 is 14.9 Å². The largest absolute Gasteiger partial charge is 0.417 e. The smallest absolute Gasteiger partial charge is 0.390 e. The Labute approximate surface area is 233 Å². The highest BCUT2D eigenvalue weighted by atomic mass is 35.5. The minimum absolute atomic E-state index is 0.00194. The summed E-state index contributed by atoms with van der Waals surface area (Å²) in [5.41, 5.74) is 0.108. The summed E-state index contributed by atoms with van der Waals surface area (Å²) in [7, 11) is 0. The summed E-state index contributed by atoms with van der Waals surface area (Å²) in [4.78, 5) is 17.4. The van der Waals surface area contributed by atoms with Gasteiger partial charge in [0.15, 0.2) is 5.13 Å². The van der Waals surface area contributed by atoms with Gasteiger partial charge in [0, 0.05) is 70.1 Å². The Morgan fingerprint density at radius 1 is 0.921 bits per heavy atom. The molecule has 3 aromatic rings. The lowest BCUT2D eigenvalue weighted by atomic mass is 10.2. The number of halogens is 5. The summed E-state index contributed by atoms with van der Waals surface area (Å²) in [6.07, 6.45) is -3.33. The Morgan fingerprint density at radius 3 is 2.29 bits per heavy atom. The number of anilines is 2. The van der Waals surface area contributed by atoms with Crippen molar-refractivity contribution in [3.63, 3.8) is 0 Å². The molecule has 0 amide bonds. The van der Waals surface area contributed by atoms with Gasteiger partial charge in [-0.25, -0.2) is 9.97 Å². The van der Waals surface area contributed by atoms with Crippen LogP contribution in [0.25, 0.3) is 10.2 Å². The molecule has 1 atom stereocenters. The molecule has 206 valence electrons. The van der Waals surface area contributed by atoms with Gasteiger partial charge in [-0.3, -0.25) is 9.80 Å². The summed E-state index contributed by atoms with van der Waals surface area (Å²) >= 11 is 13.9. The number of aliphatic hydroxyl groups excluding tert-OH is 1. The number of β-amino-alcohol motifs (C(OH)–C–C–N with tert-alkyl or cyclic N) is 1. The third-order valence-electron chi connectivity index (χ3n) is 6.96. The maximum absolute atomic E-state index is 12.9. The Bertz CT molecular complexity index is 1250. The highest BCUT2D eigenvalue weighted by molar-refractivity contribution is 7.22. The minimum atomic E-state index is -4.47. The topological polar surface area (TPSA) is 59.0 Å². The fraction of sp³-hybridized carbons (Fsp3) is 0.520. The zero-order valence-electron chi connectivity index (χ0n) is 20.7. The number of thiazole rings is 1. The predicted molar refractivity (Wildman–Crippen MR) is 147 cm³/mol. The van der Waals surface area contributed by atoms with Crippen LogP contribution in [-0.4, -0.2) is 96.4 Å². The van der Waals surface area contributed by atoms with E-state index >= 15 is 0 Å². The van der Waals surface area contributed by atoms with Gasteiger partial charge in [0.25, 0.3) is 0 Å². The zero-order chi connectivity index (χ0) is 26.9. The molecular weight excluding hydrogens is 560 g/mol. The number of nitrogens with zero attached hydrogens (tertiary/aromatic N) is 6. The molecular formula is C25H29Cl2F3N6OS. The van der Waals surface area contributed by atoms with Crippen LogP contribution in [0.1, 0.15) is 12.0 Å². The fourth-order valence-electron chi connectivity index (χ4n) is 4.98. The fourth-order valence-corrected chi connectivity index (χ4v) is 6.56. The molecule has 7 nitrogen and oxygen atoms in total. The maximum Gasteiger partial charge on any atom is 0.417 e. The van der Waals surface area contributed by atoms with Crippen molar-refractivity contribution in [1.29, 1.82) is 0 Å². The van der Waals surface area contributed by atoms with Gasteiger partial charge in [0.1, 0.15) is 5.82 Å². The number of benzene rings is 1. The van der Waals surface area contributed by atoms with Crippen molar-refractivity contribution < 1.29 is 18.3 Å². The Hall–Kier alpha value is -1.89. The first-order valence-electron chi connectivity index (χ1n) is 12.6. The molecule has 13 heteroatoms. The first kappa shape index (κ1) is 27.7. The second-order valence-electron chi connectivity index (χ2n) is 9.72. The van der Waals surface area contributed by atoms with Gasteiger partial charge in [0.2, 0.25) is 0 Å². The molecule has 1 N–H and O–H groups in total. The highest BCUT2D eigenvalue weighted by Gasteiger charge is 2.32. The number of aromatic nitrogens is 2. The molecule has 1 aromatic carbocycles. The van der Waals surface area contributed by atoms with Crippen LogP contribution in [0.5, 0.6) is 0 Å². The summed E-state index contributed by atoms with van der Waals surface area (Å²) < 4.78 is 39.9. The van der Waals surface area contributed by atoms with Crippen LogP contribution in [0.15, 0.2) is 30.5 Å². The van der Waals surface area contributed by atoms with Crippen LogP contribution in [-0.2, 0) is 6.18 Å². The Balaban J connectivity index is 1.08. The number of hydrogen-bond acceptors (Lipinski definition) is 8. The van der Waals surface area contributed by atoms with Crippen molar-refractivity contribution in [2.75, 3.05) is 75.2 Å². The summed E-state index contributed by atoms with van der Waals surface area (Å²) in [6, 6.07) is 6.68. The summed E-state index contributed by atoms with van der Waals surface area (Å²) in [5.74, 6) is 0.371. The van der Waals surface area contributed by atoms with E-state index in [1.54, 1.807) is 11.3 Å². The normalized spacial score (nSPS) is 19.2. The van der Waals surface area contributed by atoms with E-state index < -0.39 is 17.8 Å². The van der Waals surface area contributed by atoms with Crippen molar-refractivity contribution in [2.45, 2.75) is 18.7 Å². The molecule has 38 heavy (non-hydrogen) atoms. The SMILES string of the molecule is O[C@@H](CN1CCN(c2nc3ccc(Cl)cc3s2)CC1)CN1CCCN(c2ncc(C(F)(F)F)cc2Cl)CC1.